The number of hydrogen-bond acceptors (Lipinski definition) is 5. The molecule has 3 rings (SSSR count). The van der Waals surface area contributed by atoms with Gasteiger partial charge >= 0.3 is 5.97 Å². The Bertz CT molecular complexity index is 723. The number of aliphatic carboxylic acids is 1. The topological polar surface area (TPSA) is 81.5 Å². The molecule has 0 spiro atoms. The van der Waals surface area contributed by atoms with E-state index in [4.69, 9.17) is 37.8 Å². The van der Waals surface area contributed by atoms with Crippen molar-refractivity contribution in [2.24, 2.45) is 0 Å². The van der Waals surface area contributed by atoms with Gasteiger partial charge in [-0.1, -0.05) is 29.3 Å². The summed E-state index contributed by atoms with van der Waals surface area (Å²) in [6, 6.07) is 6.47. The van der Waals surface area contributed by atoms with Gasteiger partial charge in [-0.3, -0.25) is 0 Å². The highest BCUT2D eigenvalue weighted by Gasteiger charge is 2.29. The van der Waals surface area contributed by atoms with Crippen LogP contribution in [0.15, 0.2) is 24.3 Å². The van der Waals surface area contributed by atoms with Gasteiger partial charge in [0.2, 0.25) is 0 Å². The van der Waals surface area contributed by atoms with Crippen LogP contribution >= 0.6 is 23.2 Å². The van der Waals surface area contributed by atoms with Crippen LogP contribution in [0, 0.1) is 0 Å². The average molecular weight is 327 g/mol. The summed E-state index contributed by atoms with van der Waals surface area (Å²) >= 11 is 11.6. The summed E-state index contributed by atoms with van der Waals surface area (Å²) < 4.78 is 10.9. The van der Waals surface area contributed by atoms with Gasteiger partial charge in [-0.2, -0.15) is 0 Å². The minimum atomic E-state index is -0.998. The molecule has 108 valence electrons. The molecule has 0 saturated carbocycles. The van der Waals surface area contributed by atoms with Gasteiger partial charge in [-0.15, -0.1) is 10.2 Å². The largest absolute Gasteiger partial charge is 0.478 e. The molecule has 0 bridgehead atoms. The van der Waals surface area contributed by atoms with Crippen LogP contribution in [0.1, 0.15) is 5.56 Å². The van der Waals surface area contributed by atoms with Crippen molar-refractivity contribution in [3.8, 4) is 17.2 Å². The average Bonchev–Trinajstić information content (AvgIpc) is 2.86. The van der Waals surface area contributed by atoms with Crippen molar-refractivity contribution < 1.29 is 19.4 Å². The van der Waals surface area contributed by atoms with E-state index in [0.717, 1.165) is 5.56 Å². The number of aromatic nitrogens is 2. The fraction of sp³-hybridized carbons (Fsp3) is 0.154. The highest BCUT2D eigenvalue weighted by molar-refractivity contribution is 6.32. The summed E-state index contributed by atoms with van der Waals surface area (Å²) in [5.41, 5.74) is 0.812. The predicted octanol–water partition coefficient (Wildman–Crippen LogP) is 2.96. The van der Waals surface area contributed by atoms with Crippen LogP contribution in [-0.4, -0.2) is 27.4 Å². The smallest absolute Gasteiger partial charge is 0.345 e. The number of rotatable bonds is 3. The Morgan fingerprint density at radius 3 is 2.90 bits per heavy atom. The van der Waals surface area contributed by atoms with Crippen molar-refractivity contribution in [2.75, 3.05) is 0 Å². The molecule has 0 amide bonds. The first kappa shape index (κ1) is 13.9. The van der Waals surface area contributed by atoms with Crippen LogP contribution in [-0.2, 0) is 11.2 Å². The number of benzene rings is 1. The van der Waals surface area contributed by atoms with E-state index in [2.05, 4.69) is 10.2 Å². The molecule has 0 radical (unpaired) electrons. The standard InChI is InChI=1S/C13H8Cl2N2O4/c14-11-5-9(12(15)17-16-11)20-7-2-1-6-3-10(13(18)19)21-8(6)4-7/h1-2,4-5,10H,3H2,(H,18,19). The Balaban J connectivity index is 1.84. The third kappa shape index (κ3) is 2.86. The van der Waals surface area contributed by atoms with Gasteiger partial charge in [0.05, 0.1) is 0 Å². The van der Waals surface area contributed by atoms with Gasteiger partial charge in [0, 0.05) is 18.6 Å². The molecule has 0 fully saturated rings. The molecule has 0 saturated heterocycles. The lowest BCUT2D eigenvalue weighted by molar-refractivity contribution is -0.144. The monoisotopic (exact) mass is 326 g/mol. The number of nitrogens with zero attached hydrogens (tertiary/aromatic N) is 2. The minimum Gasteiger partial charge on any atom is -0.478 e. The summed E-state index contributed by atoms with van der Waals surface area (Å²) in [4.78, 5) is 10.9. The molecule has 8 heteroatoms. The molecular formula is C13H8Cl2N2O4. The molecule has 1 aromatic carbocycles. The first-order valence-corrected chi connectivity index (χ1v) is 6.67. The third-order valence-corrected chi connectivity index (χ3v) is 3.35. The maximum absolute atomic E-state index is 10.9. The summed E-state index contributed by atoms with van der Waals surface area (Å²) in [5, 5.41) is 16.4. The summed E-state index contributed by atoms with van der Waals surface area (Å²) in [5.74, 6) is 0.168. The number of carboxylic acids is 1. The maximum Gasteiger partial charge on any atom is 0.345 e. The van der Waals surface area contributed by atoms with Crippen molar-refractivity contribution in [1.29, 1.82) is 0 Å². The molecule has 1 N–H and O–H groups in total. The number of fused-ring (bicyclic) bond motifs is 1. The van der Waals surface area contributed by atoms with E-state index >= 15 is 0 Å². The van der Waals surface area contributed by atoms with Crippen molar-refractivity contribution in [1.82, 2.24) is 10.2 Å². The van der Waals surface area contributed by atoms with Crippen LogP contribution in [0.3, 0.4) is 0 Å². The Morgan fingerprint density at radius 1 is 1.33 bits per heavy atom. The van der Waals surface area contributed by atoms with Crippen LogP contribution in [0.2, 0.25) is 10.3 Å². The molecule has 1 aliphatic heterocycles. The zero-order valence-corrected chi connectivity index (χ0v) is 11.9. The van der Waals surface area contributed by atoms with Crippen molar-refractivity contribution in [3.63, 3.8) is 0 Å². The molecule has 1 unspecified atom stereocenters. The first-order chi connectivity index (χ1) is 10.0. The fourth-order valence-corrected chi connectivity index (χ4v) is 2.21. The highest BCUT2D eigenvalue weighted by atomic mass is 35.5. The van der Waals surface area contributed by atoms with E-state index in [1.165, 1.54) is 6.07 Å². The second kappa shape index (κ2) is 5.38. The van der Waals surface area contributed by atoms with Crippen LogP contribution < -0.4 is 9.47 Å². The van der Waals surface area contributed by atoms with Gasteiger partial charge in [0.15, 0.2) is 22.2 Å². The molecule has 6 nitrogen and oxygen atoms in total. The van der Waals surface area contributed by atoms with Gasteiger partial charge in [-0.05, 0) is 11.6 Å². The van der Waals surface area contributed by atoms with Crippen LogP contribution in [0.25, 0.3) is 0 Å². The van der Waals surface area contributed by atoms with Gasteiger partial charge in [0.1, 0.15) is 11.5 Å². The summed E-state index contributed by atoms with van der Waals surface area (Å²) in [6.07, 6.45) is -0.537. The van der Waals surface area contributed by atoms with Crippen molar-refractivity contribution in [2.45, 2.75) is 12.5 Å². The first-order valence-electron chi connectivity index (χ1n) is 5.92. The number of carboxylic acid groups (broad SMARTS) is 1. The molecule has 1 aromatic heterocycles. The van der Waals surface area contributed by atoms with Crippen molar-refractivity contribution >= 4 is 29.2 Å². The number of hydrogen-bond donors (Lipinski definition) is 1. The lowest BCUT2D eigenvalue weighted by Gasteiger charge is -2.08. The number of carbonyl (C=O) groups is 1. The highest BCUT2D eigenvalue weighted by Crippen LogP contribution is 2.35. The van der Waals surface area contributed by atoms with Crippen LogP contribution in [0.4, 0.5) is 0 Å². The van der Waals surface area contributed by atoms with E-state index in [-0.39, 0.29) is 16.1 Å². The molecule has 0 aliphatic carbocycles. The SMILES string of the molecule is O=C(O)C1Cc2ccc(Oc3cc(Cl)nnc3Cl)cc2O1. The van der Waals surface area contributed by atoms with Gasteiger partial charge < -0.3 is 14.6 Å². The fourth-order valence-electron chi connectivity index (χ4n) is 1.95. The Hall–Kier alpha value is -2.05. The van der Waals surface area contributed by atoms with E-state index in [1.807, 2.05) is 0 Å². The van der Waals surface area contributed by atoms with E-state index < -0.39 is 12.1 Å². The lowest BCUT2D eigenvalue weighted by atomic mass is 10.1. The van der Waals surface area contributed by atoms with Crippen molar-refractivity contribution in [3.05, 3.63) is 40.1 Å². The number of halogens is 2. The number of ether oxygens (including phenoxy) is 2. The Morgan fingerprint density at radius 2 is 2.14 bits per heavy atom. The normalized spacial score (nSPS) is 16.2. The predicted molar refractivity (Wildman–Crippen MR) is 74.3 cm³/mol. The molecular weight excluding hydrogens is 319 g/mol. The zero-order chi connectivity index (χ0) is 15.0. The molecule has 1 aliphatic rings. The Labute approximate surface area is 129 Å². The van der Waals surface area contributed by atoms with Crippen LogP contribution in [0.5, 0.6) is 17.2 Å². The minimum absolute atomic E-state index is 0.0734. The molecule has 2 aromatic rings. The third-order valence-electron chi connectivity index (χ3n) is 2.90. The lowest BCUT2D eigenvalue weighted by Crippen LogP contribution is -2.24. The molecule has 1 atom stereocenters. The zero-order valence-electron chi connectivity index (χ0n) is 10.4. The van der Waals surface area contributed by atoms with E-state index in [0.29, 0.717) is 17.9 Å². The van der Waals surface area contributed by atoms with E-state index in [1.54, 1.807) is 18.2 Å². The maximum atomic E-state index is 10.9. The second-order valence-corrected chi connectivity index (χ2v) is 5.09. The van der Waals surface area contributed by atoms with E-state index in [9.17, 15) is 4.79 Å². The van der Waals surface area contributed by atoms with Gasteiger partial charge in [-0.25, -0.2) is 4.79 Å². The quantitative estimate of drug-likeness (QED) is 0.933. The molecule has 21 heavy (non-hydrogen) atoms. The Kier molecular flexibility index (Phi) is 3.57. The second-order valence-electron chi connectivity index (χ2n) is 4.34. The summed E-state index contributed by atoms with van der Waals surface area (Å²) in [6.45, 7) is 0. The summed E-state index contributed by atoms with van der Waals surface area (Å²) in [7, 11) is 0. The molecule has 2 heterocycles. The van der Waals surface area contributed by atoms with Gasteiger partial charge in [0.25, 0.3) is 0 Å².